The van der Waals surface area contributed by atoms with E-state index in [-0.39, 0.29) is 17.0 Å². The Kier molecular flexibility index (Phi) is 3.32. The number of Topliss-reactive ketones (excluding diaryl/α,β-unsaturated/α-hetero) is 1. The molecule has 0 heterocycles. The molecule has 0 unspecified atom stereocenters. The normalized spacial score (nSPS) is 19.0. The number of benzene rings is 1. The van der Waals surface area contributed by atoms with Crippen LogP contribution in [0.4, 0.5) is 4.39 Å². The first kappa shape index (κ1) is 12.3. The Balaban J connectivity index is 2.32. The maximum absolute atomic E-state index is 13.2. The summed E-state index contributed by atoms with van der Waals surface area (Å²) in [5.41, 5.74) is 1.16. The van der Waals surface area contributed by atoms with Crippen LogP contribution in [-0.2, 0) is 0 Å². The van der Waals surface area contributed by atoms with Gasteiger partial charge in [-0.25, -0.2) is 4.39 Å². The SMILES string of the molecule is Cc1ccc(F)cc1C(=O)C1(C)CCCCC1. The van der Waals surface area contributed by atoms with Crippen molar-refractivity contribution in [2.45, 2.75) is 46.0 Å². The van der Waals surface area contributed by atoms with Crippen LogP contribution in [0.3, 0.4) is 0 Å². The van der Waals surface area contributed by atoms with Gasteiger partial charge in [-0.15, -0.1) is 0 Å². The molecule has 2 rings (SSSR count). The molecule has 1 aliphatic carbocycles. The standard InChI is InChI=1S/C15H19FO/c1-11-6-7-12(16)10-13(11)14(17)15(2)8-4-3-5-9-15/h6-7,10H,3-5,8-9H2,1-2H3. The minimum atomic E-state index is -0.321. The van der Waals surface area contributed by atoms with Crippen LogP contribution >= 0.6 is 0 Å². The summed E-state index contributed by atoms with van der Waals surface area (Å²) < 4.78 is 13.2. The lowest BCUT2D eigenvalue weighted by Crippen LogP contribution is -2.30. The Morgan fingerprint density at radius 1 is 1.24 bits per heavy atom. The van der Waals surface area contributed by atoms with Crippen LogP contribution in [0, 0.1) is 18.2 Å². The quantitative estimate of drug-likeness (QED) is 0.698. The van der Waals surface area contributed by atoms with Gasteiger partial charge in [0.25, 0.3) is 0 Å². The van der Waals surface area contributed by atoms with E-state index >= 15 is 0 Å². The summed E-state index contributed by atoms with van der Waals surface area (Å²) in [6.45, 7) is 3.90. The molecule has 92 valence electrons. The number of hydrogen-bond acceptors (Lipinski definition) is 1. The Morgan fingerprint density at radius 3 is 2.53 bits per heavy atom. The number of ketones is 1. The van der Waals surface area contributed by atoms with Crippen molar-refractivity contribution in [2.75, 3.05) is 0 Å². The minimum Gasteiger partial charge on any atom is -0.294 e. The van der Waals surface area contributed by atoms with Gasteiger partial charge in [-0.2, -0.15) is 0 Å². The molecule has 1 aliphatic rings. The number of carbonyl (C=O) groups excluding carboxylic acids is 1. The van der Waals surface area contributed by atoms with Gasteiger partial charge in [0.05, 0.1) is 0 Å². The Labute approximate surface area is 102 Å². The number of rotatable bonds is 2. The zero-order valence-corrected chi connectivity index (χ0v) is 10.6. The smallest absolute Gasteiger partial charge is 0.169 e. The van der Waals surface area contributed by atoms with Gasteiger partial charge in [-0.1, -0.05) is 32.3 Å². The Bertz CT molecular complexity index is 431. The van der Waals surface area contributed by atoms with E-state index in [1.807, 2.05) is 13.8 Å². The third kappa shape index (κ3) is 2.41. The number of halogens is 1. The fraction of sp³-hybridized carbons (Fsp3) is 0.533. The van der Waals surface area contributed by atoms with Crippen molar-refractivity contribution >= 4 is 5.78 Å². The third-order valence-electron chi connectivity index (χ3n) is 3.95. The fourth-order valence-electron chi connectivity index (χ4n) is 2.72. The second-order valence-corrected chi connectivity index (χ2v) is 5.41. The Morgan fingerprint density at radius 2 is 1.88 bits per heavy atom. The summed E-state index contributed by atoms with van der Waals surface area (Å²) in [5.74, 6) is -0.201. The zero-order chi connectivity index (χ0) is 12.5. The molecule has 0 aromatic heterocycles. The molecule has 1 saturated carbocycles. The van der Waals surface area contributed by atoms with Gasteiger partial charge in [0.1, 0.15) is 5.82 Å². The molecule has 17 heavy (non-hydrogen) atoms. The van der Waals surface area contributed by atoms with E-state index < -0.39 is 0 Å². The second-order valence-electron chi connectivity index (χ2n) is 5.41. The molecule has 1 fully saturated rings. The molecule has 1 nitrogen and oxygen atoms in total. The first-order chi connectivity index (χ1) is 8.03. The van der Waals surface area contributed by atoms with Gasteiger partial charge in [-0.05, 0) is 37.5 Å². The average Bonchev–Trinajstić information content (AvgIpc) is 2.32. The van der Waals surface area contributed by atoms with E-state index in [0.717, 1.165) is 31.2 Å². The first-order valence-corrected chi connectivity index (χ1v) is 6.34. The summed E-state index contributed by atoms with van der Waals surface area (Å²) in [5, 5.41) is 0. The molecule has 0 radical (unpaired) electrons. The van der Waals surface area contributed by atoms with Gasteiger partial charge >= 0.3 is 0 Å². The summed E-state index contributed by atoms with van der Waals surface area (Å²) in [7, 11) is 0. The topological polar surface area (TPSA) is 17.1 Å². The van der Waals surface area contributed by atoms with Crippen molar-refractivity contribution in [1.29, 1.82) is 0 Å². The molecule has 1 aromatic carbocycles. The maximum atomic E-state index is 13.2. The minimum absolute atomic E-state index is 0.120. The molecule has 0 N–H and O–H groups in total. The van der Waals surface area contributed by atoms with Gasteiger partial charge in [-0.3, -0.25) is 4.79 Å². The van der Waals surface area contributed by atoms with Crippen LogP contribution in [0.1, 0.15) is 54.9 Å². The third-order valence-corrected chi connectivity index (χ3v) is 3.95. The monoisotopic (exact) mass is 234 g/mol. The van der Waals surface area contributed by atoms with Crippen LogP contribution in [-0.4, -0.2) is 5.78 Å². The fourth-order valence-corrected chi connectivity index (χ4v) is 2.72. The molecular weight excluding hydrogens is 215 g/mol. The molecule has 2 heteroatoms. The first-order valence-electron chi connectivity index (χ1n) is 6.34. The molecule has 0 aliphatic heterocycles. The maximum Gasteiger partial charge on any atom is 0.169 e. The predicted octanol–water partition coefficient (Wildman–Crippen LogP) is 4.29. The zero-order valence-electron chi connectivity index (χ0n) is 10.6. The van der Waals surface area contributed by atoms with Crippen molar-refractivity contribution < 1.29 is 9.18 Å². The highest BCUT2D eigenvalue weighted by atomic mass is 19.1. The molecule has 0 amide bonds. The van der Waals surface area contributed by atoms with Crippen molar-refractivity contribution in [2.24, 2.45) is 5.41 Å². The van der Waals surface area contributed by atoms with E-state index in [0.29, 0.717) is 5.56 Å². The van der Waals surface area contributed by atoms with Crippen LogP contribution < -0.4 is 0 Å². The summed E-state index contributed by atoms with van der Waals surface area (Å²) in [6.07, 6.45) is 5.29. The summed E-state index contributed by atoms with van der Waals surface area (Å²) in [6, 6.07) is 4.49. The van der Waals surface area contributed by atoms with E-state index in [2.05, 4.69) is 0 Å². The second kappa shape index (κ2) is 4.59. The van der Waals surface area contributed by atoms with Crippen molar-refractivity contribution in [3.05, 3.63) is 35.1 Å². The number of carbonyl (C=O) groups is 1. The lowest BCUT2D eigenvalue weighted by Gasteiger charge is -2.32. The van der Waals surface area contributed by atoms with Crippen LogP contribution in [0.25, 0.3) is 0 Å². The predicted molar refractivity (Wildman–Crippen MR) is 66.7 cm³/mol. The van der Waals surface area contributed by atoms with E-state index in [1.54, 1.807) is 6.07 Å². The van der Waals surface area contributed by atoms with Crippen LogP contribution in [0.5, 0.6) is 0 Å². The van der Waals surface area contributed by atoms with Crippen molar-refractivity contribution in [3.8, 4) is 0 Å². The summed E-state index contributed by atoms with van der Waals surface area (Å²) >= 11 is 0. The molecule has 0 atom stereocenters. The summed E-state index contributed by atoms with van der Waals surface area (Å²) in [4.78, 5) is 12.5. The van der Waals surface area contributed by atoms with E-state index in [4.69, 9.17) is 0 Å². The van der Waals surface area contributed by atoms with Crippen molar-refractivity contribution in [3.63, 3.8) is 0 Å². The lowest BCUT2D eigenvalue weighted by atomic mass is 9.70. The molecule has 1 aromatic rings. The van der Waals surface area contributed by atoms with Gasteiger partial charge in [0, 0.05) is 11.0 Å². The van der Waals surface area contributed by atoms with Gasteiger partial charge in [0.2, 0.25) is 0 Å². The van der Waals surface area contributed by atoms with E-state index in [9.17, 15) is 9.18 Å². The van der Waals surface area contributed by atoms with Crippen LogP contribution in [0.2, 0.25) is 0 Å². The Hall–Kier alpha value is -1.18. The lowest BCUT2D eigenvalue weighted by molar-refractivity contribution is 0.0748. The van der Waals surface area contributed by atoms with Gasteiger partial charge < -0.3 is 0 Å². The van der Waals surface area contributed by atoms with Crippen LogP contribution in [0.15, 0.2) is 18.2 Å². The molecule has 0 bridgehead atoms. The highest BCUT2D eigenvalue weighted by Crippen LogP contribution is 2.39. The number of hydrogen-bond donors (Lipinski definition) is 0. The molecule has 0 saturated heterocycles. The average molecular weight is 234 g/mol. The number of aryl methyl sites for hydroxylation is 1. The van der Waals surface area contributed by atoms with Crippen molar-refractivity contribution in [1.82, 2.24) is 0 Å². The highest BCUT2D eigenvalue weighted by molar-refractivity contribution is 6.01. The van der Waals surface area contributed by atoms with Gasteiger partial charge in [0.15, 0.2) is 5.78 Å². The molecule has 0 spiro atoms. The largest absolute Gasteiger partial charge is 0.294 e. The van der Waals surface area contributed by atoms with E-state index in [1.165, 1.54) is 18.6 Å². The molecular formula is C15H19FO. The highest BCUT2D eigenvalue weighted by Gasteiger charge is 2.35.